The van der Waals surface area contributed by atoms with Crippen LogP contribution in [0.4, 0.5) is 22.0 Å². The summed E-state index contributed by atoms with van der Waals surface area (Å²) >= 11 is 5.86. The van der Waals surface area contributed by atoms with Gasteiger partial charge in [0.25, 0.3) is 0 Å². The van der Waals surface area contributed by atoms with E-state index in [0.29, 0.717) is 37.8 Å². The van der Waals surface area contributed by atoms with Crippen LogP contribution in [0, 0.1) is 16.6 Å². The van der Waals surface area contributed by atoms with Gasteiger partial charge in [-0.2, -0.15) is 13.2 Å². The molecule has 0 saturated carbocycles. The smallest absolute Gasteiger partial charge is 0.418 e. The number of esters is 1. The first kappa shape index (κ1) is 32.7. The highest BCUT2D eigenvalue weighted by Crippen LogP contribution is 2.60. The number of rotatable bonds is 12. The molecule has 1 aliphatic heterocycles. The predicted molar refractivity (Wildman–Crippen MR) is 132 cm³/mol. The van der Waals surface area contributed by atoms with Crippen molar-refractivity contribution in [2.75, 3.05) is 13.8 Å². The van der Waals surface area contributed by atoms with Gasteiger partial charge in [0.2, 0.25) is 0 Å². The summed E-state index contributed by atoms with van der Waals surface area (Å²) in [5, 5.41) is 22.5. The van der Waals surface area contributed by atoms with E-state index in [2.05, 4.69) is 10.1 Å². The fraction of sp³-hybridized carbons (Fsp3) is 0.654. The zero-order valence-corrected chi connectivity index (χ0v) is 22.6. The van der Waals surface area contributed by atoms with E-state index in [1.54, 1.807) is 0 Å². The van der Waals surface area contributed by atoms with Crippen LogP contribution in [-0.2, 0) is 25.3 Å². The van der Waals surface area contributed by atoms with Crippen molar-refractivity contribution in [2.24, 2.45) is 10.8 Å². The average Bonchev–Trinajstić information content (AvgIpc) is 2.85. The number of halogens is 6. The lowest BCUT2D eigenvalue weighted by Gasteiger charge is -2.56. The monoisotopic (exact) mass is 585 g/mol. The molecule has 5 atom stereocenters. The quantitative estimate of drug-likeness (QED) is 0.157. The van der Waals surface area contributed by atoms with E-state index in [-0.39, 0.29) is 25.2 Å². The summed E-state index contributed by atoms with van der Waals surface area (Å²) in [7, 11) is 1.26. The number of nitrogens with one attached hydrogen (secondary N) is 1. The number of piperidine rings is 1. The number of benzene rings is 1. The van der Waals surface area contributed by atoms with Gasteiger partial charge in [-0.15, -0.1) is 0 Å². The molecule has 1 heterocycles. The van der Waals surface area contributed by atoms with E-state index in [9.17, 15) is 42.2 Å². The lowest BCUT2D eigenvalue weighted by atomic mass is 9.50. The highest BCUT2D eigenvalue weighted by Gasteiger charge is 2.67. The van der Waals surface area contributed by atoms with Gasteiger partial charge in [0.05, 0.1) is 34.6 Å². The van der Waals surface area contributed by atoms with Crippen molar-refractivity contribution in [3.63, 3.8) is 0 Å². The normalized spacial score (nSPS) is 27.3. The lowest BCUT2D eigenvalue weighted by Crippen LogP contribution is -2.70. The zero-order chi connectivity index (χ0) is 29.8. The van der Waals surface area contributed by atoms with Crippen molar-refractivity contribution in [1.82, 2.24) is 5.32 Å². The van der Waals surface area contributed by atoms with Crippen LogP contribution < -0.4 is 5.32 Å². The van der Waals surface area contributed by atoms with E-state index in [4.69, 9.17) is 11.6 Å². The highest BCUT2D eigenvalue weighted by atomic mass is 35.5. The second-order valence-electron chi connectivity index (χ2n) is 10.1. The molecule has 0 amide bonds. The summed E-state index contributed by atoms with van der Waals surface area (Å²) < 4.78 is 77.0. The molecule has 0 bridgehead atoms. The van der Waals surface area contributed by atoms with Crippen molar-refractivity contribution in [3.8, 4) is 0 Å². The number of carboxylic acid groups (broad SMARTS) is 2. The maximum Gasteiger partial charge on any atom is 0.418 e. The van der Waals surface area contributed by atoms with Crippen LogP contribution in [-0.4, -0.2) is 54.0 Å². The van der Waals surface area contributed by atoms with Gasteiger partial charge in [0.15, 0.2) is 0 Å². The third-order valence-electron chi connectivity index (χ3n) is 7.99. The maximum absolute atomic E-state index is 15.4. The van der Waals surface area contributed by atoms with E-state index in [1.165, 1.54) is 14.0 Å². The van der Waals surface area contributed by atoms with Crippen LogP contribution in [0.15, 0.2) is 12.1 Å². The molecule has 1 aromatic rings. The van der Waals surface area contributed by atoms with Gasteiger partial charge in [0, 0.05) is 23.9 Å². The molecular weight excluding hydrogens is 553 g/mol. The molecule has 1 aliphatic rings. The van der Waals surface area contributed by atoms with Gasteiger partial charge in [-0.3, -0.25) is 14.4 Å². The molecule has 220 valence electrons. The molecule has 0 radical (unpaired) electrons. The molecule has 1 fully saturated rings. The van der Waals surface area contributed by atoms with Gasteiger partial charge >= 0.3 is 24.1 Å². The van der Waals surface area contributed by atoms with Crippen LogP contribution in [0.3, 0.4) is 0 Å². The Kier molecular flexibility index (Phi) is 10.7. The Morgan fingerprint density at radius 3 is 2.18 bits per heavy atom. The molecule has 1 saturated heterocycles. The second kappa shape index (κ2) is 12.8. The Morgan fingerprint density at radius 2 is 1.67 bits per heavy atom. The van der Waals surface area contributed by atoms with Crippen LogP contribution in [0.2, 0.25) is 5.02 Å². The van der Waals surface area contributed by atoms with Gasteiger partial charge in [-0.05, 0) is 38.8 Å². The fourth-order valence-corrected chi connectivity index (χ4v) is 6.15. The second-order valence-corrected chi connectivity index (χ2v) is 10.5. The predicted octanol–water partition coefficient (Wildman–Crippen LogP) is 5.98. The van der Waals surface area contributed by atoms with E-state index in [0.717, 1.165) is 6.92 Å². The maximum atomic E-state index is 15.4. The average molecular weight is 586 g/mol. The minimum Gasteiger partial charge on any atom is -0.481 e. The number of carbonyl (C=O) groups excluding carboxylic acids is 1. The molecule has 0 aliphatic carbocycles. The number of hydrogen-bond donors (Lipinski definition) is 3. The molecule has 2 rings (SSSR count). The van der Waals surface area contributed by atoms with Crippen LogP contribution in [0.5, 0.6) is 0 Å². The first-order valence-corrected chi connectivity index (χ1v) is 12.9. The molecule has 1 aromatic carbocycles. The molecule has 39 heavy (non-hydrogen) atoms. The van der Waals surface area contributed by atoms with Crippen LogP contribution in [0.25, 0.3) is 0 Å². The standard InChI is InChI=1S/C26H33ClF5NO6/c1-14-25(23(37)38,12-8-6-4-5-7-9-18(34)39-3)21(24(2,22(35)36)17(13-28)33-14)19-16(29)11-10-15(27)20(19)26(30,31)32/h10-11,14,17,21,33H,4-9,12-13H2,1-3H3,(H,35,36)(H,37,38). The van der Waals surface area contributed by atoms with Gasteiger partial charge in [0.1, 0.15) is 12.5 Å². The molecule has 13 heteroatoms. The van der Waals surface area contributed by atoms with E-state index in [1.807, 2.05) is 0 Å². The van der Waals surface area contributed by atoms with Crippen molar-refractivity contribution in [2.45, 2.75) is 83.0 Å². The number of carbonyl (C=O) groups is 3. The first-order chi connectivity index (χ1) is 18.1. The van der Waals surface area contributed by atoms with Crippen molar-refractivity contribution >= 4 is 29.5 Å². The third-order valence-corrected chi connectivity index (χ3v) is 8.30. The van der Waals surface area contributed by atoms with Gasteiger partial charge in [-0.1, -0.05) is 37.3 Å². The minimum absolute atomic E-state index is 0.132. The van der Waals surface area contributed by atoms with Crippen LogP contribution >= 0.6 is 11.6 Å². The summed E-state index contributed by atoms with van der Waals surface area (Å²) in [5.74, 6) is -7.44. The molecule has 7 nitrogen and oxygen atoms in total. The zero-order valence-electron chi connectivity index (χ0n) is 21.8. The fourth-order valence-electron chi connectivity index (χ4n) is 5.88. The number of methoxy groups -OCH3 is 1. The molecular formula is C26H33ClF5NO6. The number of hydrogen-bond acceptors (Lipinski definition) is 5. The molecule has 5 unspecified atom stereocenters. The van der Waals surface area contributed by atoms with Crippen molar-refractivity contribution in [1.29, 1.82) is 0 Å². The van der Waals surface area contributed by atoms with Crippen LogP contribution in [0.1, 0.15) is 75.8 Å². The van der Waals surface area contributed by atoms with Crippen molar-refractivity contribution in [3.05, 3.63) is 34.1 Å². The Bertz CT molecular complexity index is 1070. The molecule has 0 aromatic heterocycles. The number of ether oxygens (including phenoxy) is 1. The lowest BCUT2D eigenvalue weighted by molar-refractivity contribution is -0.174. The van der Waals surface area contributed by atoms with Crippen molar-refractivity contribution < 1.29 is 51.3 Å². The van der Waals surface area contributed by atoms with E-state index >= 15 is 4.39 Å². The first-order valence-electron chi connectivity index (χ1n) is 12.5. The molecule has 3 N–H and O–H groups in total. The number of aliphatic carboxylic acids is 2. The SMILES string of the molecule is COC(=O)CCCCCCCC1(C(=O)O)C(C)NC(CF)C(C)(C(=O)O)C1c1c(F)ccc(Cl)c1C(F)(F)F. The number of unbranched alkanes of at least 4 members (excludes halogenated alkanes) is 4. The number of alkyl halides is 4. The minimum atomic E-state index is -5.27. The third kappa shape index (κ3) is 6.32. The van der Waals surface area contributed by atoms with Gasteiger partial charge in [-0.25, -0.2) is 8.78 Å². The Labute approximate surface area is 228 Å². The number of carboxylic acids is 2. The summed E-state index contributed by atoms with van der Waals surface area (Å²) in [4.78, 5) is 36.9. The Hall–Kier alpha value is -2.47. The summed E-state index contributed by atoms with van der Waals surface area (Å²) in [6.45, 7) is 0.897. The van der Waals surface area contributed by atoms with E-state index < -0.39 is 75.6 Å². The largest absolute Gasteiger partial charge is 0.481 e. The summed E-state index contributed by atoms with van der Waals surface area (Å²) in [6.07, 6.45) is -3.24. The Balaban J connectivity index is 2.68. The molecule has 0 spiro atoms. The van der Waals surface area contributed by atoms with Gasteiger partial charge < -0.3 is 20.3 Å². The Morgan fingerprint density at radius 1 is 1.08 bits per heavy atom. The highest BCUT2D eigenvalue weighted by molar-refractivity contribution is 6.31. The summed E-state index contributed by atoms with van der Waals surface area (Å²) in [5.41, 5.74) is -7.67. The topological polar surface area (TPSA) is 113 Å². The summed E-state index contributed by atoms with van der Waals surface area (Å²) in [6, 6.07) is -1.58.